The van der Waals surface area contributed by atoms with Crippen LogP contribution >= 0.6 is 11.3 Å². The highest BCUT2D eigenvalue weighted by Crippen LogP contribution is 2.32. The first kappa shape index (κ1) is 12.2. The number of thiophene rings is 1. The van der Waals surface area contributed by atoms with E-state index in [1.807, 2.05) is 38.3 Å². The minimum absolute atomic E-state index is 0.378. The van der Waals surface area contributed by atoms with Crippen LogP contribution in [0.3, 0.4) is 0 Å². The van der Waals surface area contributed by atoms with Gasteiger partial charge in [0.1, 0.15) is 5.54 Å². The molecule has 4 heteroatoms. The van der Waals surface area contributed by atoms with Gasteiger partial charge in [0.2, 0.25) is 0 Å². The number of aliphatic carboxylic acids is 1. The summed E-state index contributed by atoms with van der Waals surface area (Å²) in [7, 11) is 0. The molecule has 1 aromatic rings. The normalized spacial score (nSPS) is 16.0. The van der Waals surface area contributed by atoms with Crippen LogP contribution in [0.25, 0.3) is 0 Å². The van der Waals surface area contributed by atoms with Crippen LogP contribution in [0.1, 0.15) is 25.6 Å². The van der Waals surface area contributed by atoms with E-state index in [1.165, 1.54) is 11.3 Å². The maximum atomic E-state index is 11.3. The third-order valence-corrected chi connectivity index (χ3v) is 3.63. The van der Waals surface area contributed by atoms with E-state index in [2.05, 4.69) is 0 Å². The summed E-state index contributed by atoms with van der Waals surface area (Å²) in [5.41, 5.74) is 4.34. The summed E-state index contributed by atoms with van der Waals surface area (Å²) in [6, 6.07) is 3.83. The van der Waals surface area contributed by atoms with Crippen LogP contribution in [-0.2, 0) is 11.2 Å². The zero-order valence-corrected chi connectivity index (χ0v) is 10.1. The van der Waals surface area contributed by atoms with Crippen LogP contribution in [-0.4, -0.2) is 16.6 Å². The second-order valence-corrected chi connectivity index (χ2v) is 5.81. The molecule has 0 bridgehead atoms. The highest BCUT2D eigenvalue weighted by molar-refractivity contribution is 7.09. The molecule has 0 spiro atoms. The van der Waals surface area contributed by atoms with Crippen molar-refractivity contribution in [2.24, 2.45) is 11.1 Å². The first-order chi connectivity index (χ1) is 6.77. The molecular weight excluding hydrogens is 210 g/mol. The van der Waals surface area contributed by atoms with E-state index in [4.69, 9.17) is 5.73 Å². The van der Waals surface area contributed by atoms with Gasteiger partial charge in [0, 0.05) is 11.3 Å². The molecule has 0 aliphatic carbocycles. The summed E-state index contributed by atoms with van der Waals surface area (Å²) in [4.78, 5) is 12.3. The summed E-state index contributed by atoms with van der Waals surface area (Å²) in [6.45, 7) is 5.57. The van der Waals surface area contributed by atoms with Gasteiger partial charge in [-0.3, -0.25) is 4.79 Å². The molecular formula is C11H17NO2S. The predicted octanol–water partition coefficient (Wildman–Crippen LogP) is 2.12. The molecule has 1 rings (SSSR count). The van der Waals surface area contributed by atoms with E-state index < -0.39 is 16.9 Å². The Labute approximate surface area is 93.9 Å². The van der Waals surface area contributed by atoms with Gasteiger partial charge in [-0.1, -0.05) is 26.8 Å². The molecule has 15 heavy (non-hydrogen) atoms. The van der Waals surface area contributed by atoms with Crippen molar-refractivity contribution in [3.8, 4) is 0 Å². The Morgan fingerprint density at radius 3 is 2.47 bits per heavy atom. The molecule has 0 aliphatic rings. The SMILES string of the molecule is CC(C)(C)[C@@](N)(Cc1cccs1)C(=O)O. The minimum Gasteiger partial charge on any atom is -0.480 e. The molecule has 84 valence electrons. The monoisotopic (exact) mass is 227 g/mol. The number of carbonyl (C=O) groups is 1. The Balaban J connectivity index is 2.99. The highest BCUT2D eigenvalue weighted by atomic mass is 32.1. The maximum absolute atomic E-state index is 11.3. The van der Waals surface area contributed by atoms with Crippen molar-refractivity contribution in [3.05, 3.63) is 22.4 Å². The summed E-state index contributed by atoms with van der Waals surface area (Å²) in [5.74, 6) is -0.941. The number of rotatable bonds is 3. The lowest BCUT2D eigenvalue weighted by atomic mass is 9.72. The fraction of sp³-hybridized carbons (Fsp3) is 0.545. The summed E-state index contributed by atoms with van der Waals surface area (Å²) in [6.07, 6.45) is 0.378. The molecule has 0 saturated carbocycles. The molecule has 0 amide bonds. The van der Waals surface area contributed by atoms with Gasteiger partial charge in [-0.15, -0.1) is 11.3 Å². The summed E-state index contributed by atoms with van der Waals surface area (Å²) in [5, 5.41) is 11.2. The summed E-state index contributed by atoms with van der Waals surface area (Å²) >= 11 is 1.54. The van der Waals surface area contributed by atoms with E-state index in [0.717, 1.165) is 4.88 Å². The van der Waals surface area contributed by atoms with Crippen LogP contribution in [0.15, 0.2) is 17.5 Å². The number of nitrogens with two attached hydrogens (primary N) is 1. The third kappa shape index (κ3) is 2.38. The Hall–Kier alpha value is -0.870. The number of hydrogen-bond donors (Lipinski definition) is 2. The Kier molecular flexibility index (Phi) is 3.21. The zero-order valence-electron chi connectivity index (χ0n) is 9.28. The van der Waals surface area contributed by atoms with Crippen molar-refractivity contribution in [2.45, 2.75) is 32.7 Å². The van der Waals surface area contributed by atoms with Gasteiger partial charge in [0.25, 0.3) is 0 Å². The molecule has 0 unspecified atom stereocenters. The van der Waals surface area contributed by atoms with Crippen molar-refractivity contribution < 1.29 is 9.90 Å². The number of hydrogen-bond acceptors (Lipinski definition) is 3. The maximum Gasteiger partial charge on any atom is 0.324 e. The molecule has 1 aromatic heterocycles. The standard InChI is InChI=1S/C11H17NO2S/c1-10(2,3)11(12,9(13)14)7-8-5-4-6-15-8/h4-6H,7,12H2,1-3H3,(H,13,14)/t11-/m1/s1. The fourth-order valence-corrected chi connectivity index (χ4v) is 2.15. The second-order valence-electron chi connectivity index (χ2n) is 4.78. The molecule has 0 aromatic carbocycles. The third-order valence-electron chi connectivity index (χ3n) is 2.75. The molecule has 0 fully saturated rings. The van der Waals surface area contributed by atoms with Crippen molar-refractivity contribution in [1.82, 2.24) is 0 Å². The van der Waals surface area contributed by atoms with Gasteiger partial charge < -0.3 is 10.8 Å². The van der Waals surface area contributed by atoms with Crippen LogP contribution in [0, 0.1) is 5.41 Å². The van der Waals surface area contributed by atoms with Gasteiger partial charge in [-0.25, -0.2) is 0 Å². The van der Waals surface area contributed by atoms with Crippen molar-refractivity contribution >= 4 is 17.3 Å². The van der Waals surface area contributed by atoms with Crippen molar-refractivity contribution in [2.75, 3.05) is 0 Å². The van der Waals surface area contributed by atoms with Crippen LogP contribution < -0.4 is 5.73 Å². The Morgan fingerprint density at radius 2 is 2.13 bits per heavy atom. The van der Waals surface area contributed by atoms with Gasteiger partial charge in [0.15, 0.2) is 0 Å². The molecule has 0 radical (unpaired) electrons. The molecule has 3 N–H and O–H groups in total. The Bertz CT molecular complexity index is 340. The van der Waals surface area contributed by atoms with Crippen molar-refractivity contribution in [3.63, 3.8) is 0 Å². The molecule has 1 heterocycles. The average Bonchev–Trinajstić information content (AvgIpc) is 2.54. The first-order valence-corrected chi connectivity index (χ1v) is 5.70. The Morgan fingerprint density at radius 1 is 1.53 bits per heavy atom. The van der Waals surface area contributed by atoms with Crippen LogP contribution in [0.4, 0.5) is 0 Å². The van der Waals surface area contributed by atoms with E-state index in [-0.39, 0.29) is 0 Å². The molecule has 0 saturated heterocycles. The van der Waals surface area contributed by atoms with Gasteiger partial charge in [-0.2, -0.15) is 0 Å². The highest BCUT2D eigenvalue weighted by Gasteiger charge is 2.45. The van der Waals surface area contributed by atoms with Gasteiger partial charge in [0.05, 0.1) is 0 Å². The van der Waals surface area contributed by atoms with E-state index in [1.54, 1.807) is 0 Å². The fourth-order valence-electron chi connectivity index (χ4n) is 1.35. The lowest BCUT2D eigenvalue weighted by Crippen LogP contribution is -2.59. The molecule has 3 nitrogen and oxygen atoms in total. The average molecular weight is 227 g/mol. The topological polar surface area (TPSA) is 63.3 Å². The predicted molar refractivity (Wildman–Crippen MR) is 62.0 cm³/mol. The van der Waals surface area contributed by atoms with E-state index >= 15 is 0 Å². The lowest BCUT2D eigenvalue weighted by molar-refractivity contribution is -0.147. The summed E-state index contributed by atoms with van der Waals surface area (Å²) < 4.78 is 0. The first-order valence-electron chi connectivity index (χ1n) is 4.82. The second kappa shape index (κ2) is 3.94. The quantitative estimate of drug-likeness (QED) is 0.831. The van der Waals surface area contributed by atoms with Crippen molar-refractivity contribution in [1.29, 1.82) is 0 Å². The number of carboxylic acid groups (broad SMARTS) is 1. The zero-order chi connectivity index (χ0) is 11.7. The van der Waals surface area contributed by atoms with Crippen LogP contribution in [0.2, 0.25) is 0 Å². The molecule has 1 atom stereocenters. The van der Waals surface area contributed by atoms with Crippen LogP contribution in [0.5, 0.6) is 0 Å². The largest absolute Gasteiger partial charge is 0.480 e. The smallest absolute Gasteiger partial charge is 0.324 e. The minimum atomic E-state index is -1.21. The van der Waals surface area contributed by atoms with E-state index in [0.29, 0.717) is 6.42 Å². The van der Waals surface area contributed by atoms with Gasteiger partial charge >= 0.3 is 5.97 Å². The molecule has 0 aliphatic heterocycles. The van der Waals surface area contributed by atoms with E-state index in [9.17, 15) is 9.90 Å². The lowest BCUT2D eigenvalue weighted by Gasteiger charge is -2.37. The number of carboxylic acids is 1. The van der Waals surface area contributed by atoms with Gasteiger partial charge in [-0.05, 0) is 16.9 Å².